The zero-order valence-electron chi connectivity index (χ0n) is 12.0. The Kier molecular flexibility index (Phi) is 3.76. The van der Waals surface area contributed by atoms with E-state index in [1.165, 1.54) is 10.9 Å². The first-order valence-electron chi connectivity index (χ1n) is 6.74. The molecule has 0 aliphatic heterocycles. The van der Waals surface area contributed by atoms with Crippen LogP contribution in [0.5, 0.6) is 0 Å². The molecule has 0 aliphatic carbocycles. The number of rotatable bonds is 4. The summed E-state index contributed by atoms with van der Waals surface area (Å²) < 4.78 is 2.19. The van der Waals surface area contributed by atoms with Crippen LogP contribution in [-0.4, -0.2) is 22.1 Å². The molecule has 0 saturated heterocycles. The molecule has 2 rings (SSSR count). The molecule has 1 N–H and O–H groups in total. The fourth-order valence-corrected chi connectivity index (χ4v) is 2.43. The van der Waals surface area contributed by atoms with Crippen LogP contribution in [0.15, 0.2) is 24.4 Å². The number of aliphatic hydroxyl groups is 1. The van der Waals surface area contributed by atoms with Gasteiger partial charge in [-0.1, -0.05) is 26.0 Å². The van der Waals surface area contributed by atoms with Crippen LogP contribution in [-0.2, 0) is 0 Å². The van der Waals surface area contributed by atoms with E-state index in [-0.39, 0.29) is 5.78 Å². The molecule has 0 unspecified atom stereocenters. The molecule has 1 heterocycles. The Morgan fingerprint density at radius 3 is 2.47 bits per heavy atom. The van der Waals surface area contributed by atoms with Crippen LogP contribution < -0.4 is 0 Å². The first-order chi connectivity index (χ1) is 8.95. The van der Waals surface area contributed by atoms with Crippen molar-refractivity contribution in [2.45, 2.75) is 39.7 Å². The molecule has 1 aromatic heterocycles. The van der Waals surface area contributed by atoms with Gasteiger partial charge in [0.25, 0.3) is 0 Å². The molecular formula is C16H21NO2. The zero-order valence-corrected chi connectivity index (χ0v) is 12.0. The Balaban J connectivity index is 2.69. The van der Waals surface area contributed by atoms with E-state index in [2.05, 4.69) is 38.5 Å². The van der Waals surface area contributed by atoms with Gasteiger partial charge < -0.3 is 9.67 Å². The predicted molar refractivity (Wildman–Crippen MR) is 77.8 cm³/mol. The Labute approximate surface area is 113 Å². The van der Waals surface area contributed by atoms with Crippen LogP contribution in [0, 0.1) is 0 Å². The summed E-state index contributed by atoms with van der Waals surface area (Å²) in [5, 5.41) is 10.2. The summed E-state index contributed by atoms with van der Waals surface area (Å²) >= 11 is 0. The minimum atomic E-state index is -0.440. The van der Waals surface area contributed by atoms with Gasteiger partial charge in [-0.15, -0.1) is 0 Å². The van der Waals surface area contributed by atoms with Crippen LogP contribution >= 0.6 is 0 Å². The second kappa shape index (κ2) is 5.17. The number of benzene rings is 1. The molecule has 102 valence electrons. The van der Waals surface area contributed by atoms with Gasteiger partial charge in [0.2, 0.25) is 0 Å². The van der Waals surface area contributed by atoms with Crippen LogP contribution in [0.2, 0.25) is 0 Å². The number of aromatic nitrogens is 1. The maximum Gasteiger partial charge on any atom is 0.188 e. The highest BCUT2D eigenvalue weighted by atomic mass is 16.3. The Morgan fingerprint density at radius 2 is 1.95 bits per heavy atom. The predicted octanol–water partition coefficient (Wildman–Crippen LogP) is 3.52. The van der Waals surface area contributed by atoms with Gasteiger partial charge in [-0.3, -0.25) is 4.79 Å². The Bertz CT molecular complexity index is 608. The smallest absolute Gasteiger partial charge is 0.188 e. The molecule has 0 atom stereocenters. The monoisotopic (exact) mass is 259 g/mol. The fourth-order valence-electron chi connectivity index (χ4n) is 2.43. The van der Waals surface area contributed by atoms with Crippen molar-refractivity contribution < 1.29 is 9.90 Å². The number of hydrogen-bond acceptors (Lipinski definition) is 2. The molecule has 19 heavy (non-hydrogen) atoms. The van der Waals surface area contributed by atoms with Gasteiger partial charge in [-0.05, 0) is 31.4 Å². The lowest BCUT2D eigenvalue weighted by molar-refractivity contribution is 0.0904. The number of hydrogen-bond donors (Lipinski definition) is 1. The molecule has 1 aromatic carbocycles. The molecule has 0 fully saturated rings. The lowest BCUT2D eigenvalue weighted by Gasteiger charge is -2.09. The van der Waals surface area contributed by atoms with Crippen molar-refractivity contribution in [3.8, 4) is 0 Å². The molecule has 2 aromatic rings. The van der Waals surface area contributed by atoms with Gasteiger partial charge >= 0.3 is 0 Å². The summed E-state index contributed by atoms with van der Waals surface area (Å²) in [6.45, 7) is 8.16. The second-order valence-corrected chi connectivity index (χ2v) is 5.55. The van der Waals surface area contributed by atoms with E-state index >= 15 is 0 Å². The van der Waals surface area contributed by atoms with Crippen LogP contribution in [0.1, 0.15) is 55.6 Å². The number of fused-ring (bicyclic) bond motifs is 1. The minimum absolute atomic E-state index is 0.232. The van der Waals surface area contributed by atoms with Crippen molar-refractivity contribution in [3.05, 3.63) is 35.5 Å². The zero-order chi connectivity index (χ0) is 14.2. The van der Waals surface area contributed by atoms with Crippen molar-refractivity contribution in [1.82, 2.24) is 4.57 Å². The average Bonchev–Trinajstić information content (AvgIpc) is 2.76. The quantitative estimate of drug-likeness (QED) is 0.854. The highest BCUT2D eigenvalue weighted by molar-refractivity contribution is 6.00. The number of Topliss-reactive ketones (excluding diaryl/α,β-unsaturated/α-hetero) is 1. The third-order valence-electron chi connectivity index (χ3n) is 3.51. The van der Waals surface area contributed by atoms with Crippen LogP contribution in [0.25, 0.3) is 10.9 Å². The summed E-state index contributed by atoms with van der Waals surface area (Å²) in [6.07, 6.45) is 2.17. The fraction of sp³-hybridized carbons (Fsp3) is 0.438. The molecule has 0 radical (unpaired) electrons. The average molecular weight is 259 g/mol. The Morgan fingerprint density at radius 1 is 1.26 bits per heavy atom. The van der Waals surface area contributed by atoms with E-state index in [1.807, 2.05) is 12.1 Å². The number of ketones is 1. The Hall–Kier alpha value is -1.61. The van der Waals surface area contributed by atoms with E-state index in [4.69, 9.17) is 5.11 Å². The highest BCUT2D eigenvalue weighted by Crippen LogP contribution is 2.30. The largest absolute Gasteiger partial charge is 0.388 e. The van der Waals surface area contributed by atoms with Crippen molar-refractivity contribution in [2.24, 2.45) is 0 Å². The van der Waals surface area contributed by atoms with Gasteiger partial charge in [-0.25, -0.2) is 0 Å². The summed E-state index contributed by atoms with van der Waals surface area (Å²) in [5.41, 5.74) is 2.94. The minimum Gasteiger partial charge on any atom is -0.388 e. The van der Waals surface area contributed by atoms with Crippen molar-refractivity contribution >= 4 is 16.7 Å². The molecule has 0 bridgehead atoms. The molecule has 0 amide bonds. The van der Waals surface area contributed by atoms with E-state index in [9.17, 15) is 4.79 Å². The maximum atomic E-state index is 11.6. The van der Waals surface area contributed by atoms with E-state index in [0.717, 1.165) is 5.52 Å². The molecular weight excluding hydrogens is 238 g/mol. The first kappa shape index (κ1) is 13.8. The maximum absolute atomic E-state index is 11.6. The van der Waals surface area contributed by atoms with Crippen molar-refractivity contribution in [1.29, 1.82) is 0 Å². The molecule has 0 saturated carbocycles. The van der Waals surface area contributed by atoms with Crippen molar-refractivity contribution in [3.63, 3.8) is 0 Å². The van der Waals surface area contributed by atoms with E-state index < -0.39 is 6.61 Å². The first-order valence-corrected chi connectivity index (χ1v) is 6.74. The number of carbonyl (C=O) groups is 1. The van der Waals surface area contributed by atoms with Gasteiger partial charge in [0.15, 0.2) is 5.78 Å². The number of carbonyl (C=O) groups excluding carboxylic acids is 1. The van der Waals surface area contributed by atoms with Crippen molar-refractivity contribution in [2.75, 3.05) is 6.61 Å². The van der Waals surface area contributed by atoms with E-state index in [0.29, 0.717) is 17.5 Å². The summed E-state index contributed by atoms with van der Waals surface area (Å²) in [4.78, 5) is 11.6. The standard InChI is InChI=1S/C16H21NO2/c1-10(2)14-8-17(11(3)4)15-7-12(16(19)9-18)5-6-13(14)15/h5-8,10-11,18H,9H2,1-4H3. The van der Waals surface area contributed by atoms with Gasteiger partial charge in [0.1, 0.15) is 6.61 Å². The SMILES string of the molecule is CC(C)c1cn(C(C)C)c2cc(C(=O)CO)ccc12. The van der Waals surface area contributed by atoms with Gasteiger partial charge in [0, 0.05) is 28.7 Å². The van der Waals surface area contributed by atoms with Gasteiger partial charge in [-0.2, -0.15) is 0 Å². The van der Waals surface area contributed by atoms with Gasteiger partial charge in [0.05, 0.1) is 0 Å². The number of nitrogens with zero attached hydrogens (tertiary/aromatic N) is 1. The third-order valence-corrected chi connectivity index (χ3v) is 3.51. The normalized spacial score (nSPS) is 11.7. The molecule has 3 nitrogen and oxygen atoms in total. The van der Waals surface area contributed by atoms with Crippen LogP contribution in [0.4, 0.5) is 0 Å². The lowest BCUT2D eigenvalue weighted by atomic mass is 10.0. The third kappa shape index (κ3) is 2.43. The topological polar surface area (TPSA) is 42.2 Å². The molecule has 3 heteroatoms. The summed E-state index contributed by atoms with van der Waals surface area (Å²) in [6, 6.07) is 6.03. The second-order valence-electron chi connectivity index (χ2n) is 5.55. The summed E-state index contributed by atoms with van der Waals surface area (Å²) in [5.74, 6) is 0.214. The summed E-state index contributed by atoms with van der Waals surface area (Å²) in [7, 11) is 0. The van der Waals surface area contributed by atoms with Crippen LogP contribution in [0.3, 0.4) is 0 Å². The molecule has 0 aliphatic rings. The lowest BCUT2D eigenvalue weighted by Crippen LogP contribution is -2.05. The number of aliphatic hydroxyl groups excluding tert-OH is 1. The highest BCUT2D eigenvalue weighted by Gasteiger charge is 2.15. The van der Waals surface area contributed by atoms with E-state index in [1.54, 1.807) is 6.07 Å². The molecule has 0 spiro atoms.